The van der Waals surface area contributed by atoms with E-state index in [-0.39, 0.29) is 6.04 Å². The maximum atomic E-state index is 5.92. The first-order valence-electron chi connectivity index (χ1n) is 6.82. The van der Waals surface area contributed by atoms with Gasteiger partial charge in [-0.1, -0.05) is 6.07 Å². The van der Waals surface area contributed by atoms with Crippen molar-refractivity contribution in [1.82, 2.24) is 4.98 Å². The van der Waals surface area contributed by atoms with Crippen LogP contribution < -0.4 is 10.6 Å². The molecular formula is C14H21N3O. The number of morpholine rings is 1. The third-order valence-corrected chi connectivity index (χ3v) is 3.75. The van der Waals surface area contributed by atoms with Crippen molar-refractivity contribution in [1.29, 1.82) is 0 Å². The fraction of sp³-hybridized carbons (Fsp3) is 0.643. The fourth-order valence-electron chi connectivity index (χ4n) is 3.01. The van der Waals surface area contributed by atoms with Gasteiger partial charge >= 0.3 is 0 Å². The number of ether oxygens (including phenoxy) is 1. The lowest BCUT2D eigenvalue weighted by molar-refractivity contribution is 0.0301. The van der Waals surface area contributed by atoms with Gasteiger partial charge in [-0.3, -0.25) is 0 Å². The van der Waals surface area contributed by atoms with Crippen molar-refractivity contribution < 1.29 is 4.74 Å². The normalized spacial score (nSPS) is 28.4. The quantitative estimate of drug-likeness (QED) is 0.875. The highest BCUT2D eigenvalue weighted by Gasteiger charge is 2.34. The predicted molar refractivity (Wildman–Crippen MR) is 71.7 cm³/mol. The molecule has 0 aromatic carbocycles. The van der Waals surface area contributed by atoms with Gasteiger partial charge in [-0.05, 0) is 37.8 Å². The summed E-state index contributed by atoms with van der Waals surface area (Å²) in [7, 11) is 0. The van der Waals surface area contributed by atoms with Crippen molar-refractivity contribution in [3.05, 3.63) is 23.9 Å². The zero-order chi connectivity index (χ0) is 12.5. The molecule has 98 valence electrons. The molecule has 1 aromatic rings. The van der Waals surface area contributed by atoms with Crippen molar-refractivity contribution in [3.63, 3.8) is 0 Å². The zero-order valence-electron chi connectivity index (χ0n) is 10.9. The molecule has 0 radical (unpaired) electrons. The van der Waals surface area contributed by atoms with E-state index in [0.29, 0.717) is 12.2 Å². The van der Waals surface area contributed by atoms with E-state index in [1.165, 1.54) is 18.4 Å². The van der Waals surface area contributed by atoms with E-state index in [2.05, 4.69) is 16.0 Å². The molecule has 2 fully saturated rings. The second kappa shape index (κ2) is 4.86. The SMILES string of the molecule is CC(N)Cc1cccnc1N1CC2CCC(C1)O2. The number of fused-ring (bicyclic) bond motifs is 2. The summed E-state index contributed by atoms with van der Waals surface area (Å²) in [5.74, 6) is 1.11. The number of rotatable bonds is 3. The lowest BCUT2D eigenvalue weighted by Gasteiger charge is -2.34. The maximum absolute atomic E-state index is 5.92. The molecule has 0 aliphatic carbocycles. The second-order valence-electron chi connectivity index (χ2n) is 5.53. The molecule has 3 heterocycles. The summed E-state index contributed by atoms with van der Waals surface area (Å²) in [6.07, 6.45) is 5.93. The molecule has 3 atom stereocenters. The minimum Gasteiger partial charge on any atom is -0.371 e. The van der Waals surface area contributed by atoms with Crippen molar-refractivity contribution in [2.24, 2.45) is 5.73 Å². The molecule has 2 bridgehead atoms. The van der Waals surface area contributed by atoms with E-state index < -0.39 is 0 Å². The molecular weight excluding hydrogens is 226 g/mol. The Kier molecular flexibility index (Phi) is 3.22. The first-order valence-corrected chi connectivity index (χ1v) is 6.82. The van der Waals surface area contributed by atoms with Crippen LogP contribution in [0.1, 0.15) is 25.3 Å². The highest BCUT2D eigenvalue weighted by molar-refractivity contribution is 5.48. The van der Waals surface area contributed by atoms with Gasteiger partial charge in [-0.25, -0.2) is 4.98 Å². The molecule has 18 heavy (non-hydrogen) atoms. The number of aromatic nitrogens is 1. The standard InChI is InChI=1S/C14H21N3O/c1-10(15)7-11-3-2-6-16-14(11)17-8-12-4-5-13(9-17)18-12/h2-3,6,10,12-13H,4-5,7-9,15H2,1H3. The van der Waals surface area contributed by atoms with Crippen LogP contribution >= 0.6 is 0 Å². The van der Waals surface area contributed by atoms with Gasteiger partial charge < -0.3 is 15.4 Å². The number of pyridine rings is 1. The second-order valence-corrected chi connectivity index (χ2v) is 5.53. The van der Waals surface area contributed by atoms with Crippen LogP contribution in [0.3, 0.4) is 0 Å². The van der Waals surface area contributed by atoms with Crippen LogP contribution in [-0.2, 0) is 11.2 Å². The Morgan fingerprint density at radius 3 is 2.83 bits per heavy atom. The van der Waals surface area contributed by atoms with E-state index in [1.807, 2.05) is 19.2 Å². The lowest BCUT2D eigenvalue weighted by atomic mass is 10.1. The van der Waals surface area contributed by atoms with Crippen molar-refractivity contribution in [2.75, 3.05) is 18.0 Å². The van der Waals surface area contributed by atoms with Gasteiger partial charge in [0.05, 0.1) is 12.2 Å². The van der Waals surface area contributed by atoms with Crippen molar-refractivity contribution in [3.8, 4) is 0 Å². The number of hydrogen-bond donors (Lipinski definition) is 1. The van der Waals surface area contributed by atoms with E-state index in [1.54, 1.807) is 0 Å². The molecule has 4 nitrogen and oxygen atoms in total. The minimum atomic E-state index is 0.172. The summed E-state index contributed by atoms with van der Waals surface area (Å²) in [5, 5.41) is 0. The first-order chi connectivity index (χ1) is 8.72. The third-order valence-electron chi connectivity index (χ3n) is 3.75. The smallest absolute Gasteiger partial charge is 0.131 e. The van der Waals surface area contributed by atoms with Crippen molar-refractivity contribution in [2.45, 2.75) is 44.4 Å². The van der Waals surface area contributed by atoms with E-state index >= 15 is 0 Å². The molecule has 2 saturated heterocycles. The topological polar surface area (TPSA) is 51.4 Å². The van der Waals surface area contributed by atoms with E-state index in [0.717, 1.165) is 25.3 Å². The Hall–Kier alpha value is -1.13. The van der Waals surface area contributed by atoms with Crippen LogP contribution in [0, 0.1) is 0 Å². The Bertz CT molecular complexity index is 409. The van der Waals surface area contributed by atoms with Gasteiger partial charge in [0.15, 0.2) is 0 Å². The van der Waals surface area contributed by atoms with Gasteiger partial charge in [0, 0.05) is 25.3 Å². The van der Waals surface area contributed by atoms with Crippen LogP contribution in [0.25, 0.3) is 0 Å². The Morgan fingerprint density at radius 2 is 2.17 bits per heavy atom. The zero-order valence-corrected chi connectivity index (χ0v) is 10.9. The minimum absolute atomic E-state index is 0.172. The Morgan fingerprint density at radius 1 is 1.44 bits per heavy atom. The van der Waals surface area contributed by atoms with Gasteiger partial charge in [0.2, 0.25) is 0 Å². The average molecular weight is 247 g/mol. The van der Waals surface area contributed by atoms with Gasteiger partial charge in [0.1, 0.15) is 5.82 Å². The first kappa shape index (κ1) is 11.9. The fourth-order valence-corrected chi connectivity index (χ4v) is 3.01. The molecule has 3 rings (SSSR count). The van der Waals surface area contributed by atoms with Crippen LogP contribution in [0.2, 0.25) is 0 Å². The molecule has 0 saturated carbocycles. The highest BCUT2D eigenvalue weighted by Crippen LogP contribution is 2.30. The monoisotopic (exact) mass is 247 g/mol. The van der Waals surface area contributed by atoms with Gasteiger partial charge in [-0.15, -0.1) is 0 Å². The molecule has 2 N–H and O–H groups in total. The summed E-state index contributed by atoms with van der Waals surface area (Å²) in [6.45, 7) is 3.98. The lowest BCUT2D eigenvalue weighted by Crippen LogP contribution is -2.43. The molecule has 0 spiro atoms. The molecule has 0 amide bonds. The summed E-state index contributed by atoms with van der Waals surface area (Å²) in [4.78, 5) is 6.95. The Balaban J connectivity index is 1.83. The number of nitrogens with zero attached hydrogens (tertiary/aromatic N) is 2. The summed E-state index contributed by atoms with van der Waals surface area (Å²) in [6, 6.07) is 4.31. The van der Waals surface area contributed by atoms with Crippen LogP contribution in [0.15, 0.2) is 18.3 Å². The van der Waals surface area contributed by atoms with Gasteiger partial charge in [0.25, 0.3) is 0 Å². The van der Waals surface area contributed by atoms with Crippen LogP contribution in [-0.4, -0.2) is 36.3 Å². The molecule has 4 heteroatoms. The van der Waals surface area contributed by atoms with Crippen LogP contribution in [0.5, 0.6) is 0 Å². The number of anilines is 1. The Labute approximate surface area is 108 Å². The highest BCUT2D eigenvalue weighted by atomic mass is 16.5. The third kappa shape index (κ3) is 2.35. The van der Waals surface area contributed by atoms with Gasteiger partial charge in [-0.2, -0.15) is 0 Å². The molecule has 2 aliphatic heterocycles. The molecule has 2 aliphatic rings. The number of hydrogen-bond acceptors (Lipinski definition) is 4. The number of nitrogens with two attached hydrogens (primary N) is 1. The van der Waals surface area contributed by atoms with E-state index in [9.17, 15) is 0 Å². The summed E-state index contributed by atoms with van der Waals surface area (Å²) in [5.41, 5.74) is 7.18. The summed E-state index contributed by atoms with van der Waals surface area (Å²) < 4.78 is 5.88. The summed E-state index contributed by atoms with van der Waals surface area (Å²) >= 11 is 0. The predicted octanol–water partition coefficient (Wildman–Crippen LogP) is 1.34. The average Bonchev–Trinajstić information content (AvgIpc) is 2.68. The van der Waals surface area contributed by atoms with Crippen molar-refractivity contribution >= 4 is 5.82 Å². The van der Waals surface area contributed by atoms with E-state index in [4.69, 9.17) is 10.5 Å². The molecule has 3 unspecified atom stereocenters. The largest absolute Gasteiger partial charge is 0.371 e. The molecule has 1 aromatic heterocycles. The maximum Gasteiger partial charge on any atom is 0.131 e. The van der Waals surface area contributed by atoms with Crippen LogP contribution in [0.4, 0.5) is 5.82 Å².